The lowest BCUT2D eigenvalue weighted by Gasteiger charge is -2.35. The fourth-order valence-electron chi connectivity index (χ4n) is 7.13. The van der Waals surface area contributed by atoms with Crippen LogP contribution < -0.4 is 19.9 Å². The highest BCUT2D eigenvalue weighted by Crippen LogP contribution is 2.40. The molecule has 3 fully saturated rings. The molecule has 0 radical (unpaired) electrons. The first-order chi connectivity index (χ1) is 19.6. The zero-order valence-corrected chi connectivity index (χ0v) is 22.7. The van der Waals surface area contributed by atoms with Gasteiger partial charge in [-0.2, -0.15) is 9.97 Å². The summed E-state index contributed by atoms with van der Waals surface area (Å²) >= 11 is 0. The lowest BCUT2D eigenvalue weighted by Crippen LogP contribution is -2.46. The van der Waals surface area contributed by atoms with Crippen LogP contribution in [0, 0.1) is 12.3 Å². The molecular formula is C31H34N6O3. The predicted molar refractivity (Wildman–Crippen MR) is 154 cm³/mol. The quantitative estimate of drug-likeness (QED) is 0.479. The molecule has 0 aliphatic carbocycles. The summed E-state index contributed by atoms with van der Waals surface area (Å²) in [7, 11) is 0. The maximum Gasteiger partial charge on any atom is 0.319 e. The predicted octanol–water partition coefficient (Wildman–Crippen LogP) is 2.94. The van der Waals surface area contributed by atoms with Crippen LogP contribution in [0.4, 0.5) is 11.5 Å². The van der Waals surface area contributed by atoms with Gasteiger partial charge >= 0.3 is 6.01 Å². The number of aromatic hydroxyl groups is 1. The molecule has 206 valence electrons. The molecule has 2 aromatic carbocycles. The van der Waals surface area contributed by atoms with Crippen molar-refractivity contribution in [2.24, 2.45) is 0 Å². The molecule has 1 amide bonds. The molecule has 4 aliphatic heterocycles. The summed E-state index contributed by atoms with van der Waals surface area (Å²) in [6.45, 7) is 6.53. The SMILES string of the molecule is C#Cc1cccc2cc(O)cc(N3CCc4c(nc(OCC56CCCN5CCC6)nc4N4CCNCC4)C3=O)c12. The van der Waals surface area contributed by atoms with Gasteiger partial charge in [0.1, 0.15) is 23.9 Å². The number of fused-ring (bicyclic) bond motifs is 3. The van der Waals surface area contributed by atoms with Gasteiger partial charge in [0.05, 0.1) is 11.2 Å². The van der Waals surface area contributed by atoms with E-state index in [1.807, 2.05) is 18.2 Å². The van der Waals surface area contributed by atoms with Gasteiger partial charge in [0.2, 0.25) is 0 Å². The van der Waals surface area contributed by atoms with Crippen LogP contribution >= 0.6 is 0 Å². The van der Waals surface area contributed by atoms with E-state index in [-0.39, 0.29) is 23.2 Å². The summed E-state index contributed by atoms with van der Waals surface area (Å²) in [5.41, 5.74) is 2.55. The number of hydrogen-bond acceptors (Lipinski definition) is 8. The van der Waals surface area contributed by atoms with Gasteiger partial charge in [-0.15, -0.1) is 6.42 Å². The van der Waals surface area contributed by atoms with Crippen LogP contribution in [0.15, 0.2) is 30.3 Å². The van der Waals surface area contributed by atoms with Crippen molar-refractivity contribution < 1.29 is 14.6 Å². The molecule has 40 heavy (non-hydrogen) atoms. The van der Waals surface area contributed by atoms with Crippen molar-refractivity contribution in [2.45, 2.75) is 37.6 Å². The Kier molecular flexibility index (Phi) is 6.25. The first-order valence-electron chi connectivity index (χ1n) is 14.3. The van der Waals surface area contributed by atoms with Crippen molar-refractivity contribution in [3.05, 3.63) is 47.2 Å². The molecule has 5 heterocycles. The topological polar surface area (TPSA) is 94.1 Å². The Labute approximate surface area is 234 Å². The molecule has 0 bridgehead atoms. The van der Waals surface area contributed by atoms with Crippen LogP contribution in [0.1, 0.15) is 47.3 Å². The molecule has 0 unspecified atom stereocenters. The van der Waals surface area contributed by atoms with E-state index in [0.717, 1.165) is 74.3 Å². The largest absolute Gasteiger partial charge is 0.508 e. The molecular weight excluding hydrogens is 504 g/mol. The molecule has 0 spiro atoms. The zero-order valence-electron chi connectivity index (χ0n) is 22.7. The minimum absolute atomic E-state index is 0.0522. The van der Waals surface area contributed by atoms with Crippen molar-refractivity contribution in [1.29, 1.82) is 0 Å². The first kappa shape index (κ1) is 25.1. The number of phenolic OH excluding ortho intramolecular Hbond substituents is 1. The number of benzene rings is 2. The highest BCUT2D eigenvalue weighted by atomic mass is 16.5. The molecule has 7 rings (SSSR count). The smallest absolute Gasteiger partial charge is 0.319 e. The van der Waals surface area contributed by atoms with Crippen molar-refractivity contribution >= 4 is 28.2 Å². The van der Waals surface area contributed by atoms with Gasteiger partial charge in [0.15, 0.2) is 0 Å². The maximum atomic E-state index is 14.2. The van der Waals surface area contributed by atoms with E-state index in [0.29, 0.717) is 36.5 Å². The third-order valence-electron chi connectivity index (χ3n) is 9.08. The van der Waals surface area contributed by atoms with Crippen LogP contribution in [0.2, 0.25) is 0 Å². The van der Waals surface area contributed by atoms with E-state index in [1.54, 1.807) is 17.0 Å². The molecule has 0 saturated carbocycles. The van der Waals surface area contributed by atoms with E-state index in [4.69, 9.17) is 21.1 Å². The molecule has 1 aromatic heterocycles. The number of anilines is 2. The monoisotopic (exact) mass is 538 g/mol. The average molecular weight is 539 g/mol. The minimum Gasteiger partial charge on any atom is -0.508 e. The Morgan fingerprint density at radius 1 is 1.07 bits per heavy atom. The lowest BCUT2D eigenvalue weighted by atomic mass is 9.95. The van der Waals surface area contributed by atoms with Crippen LogP contribution in [0.3, 0.4) is 0 Å². The Balaban J connectivity index is 1.29. The third kappa shape index (κ3) is 4.14. The number of nitrogens with one attached hydrogen (secondary N) is 1. The van der Waals surface area contributed by atoms with E-state index >= 15 is 0 Å². The highest BCUT2D eigenvalue weighted by Gasteiger charge is 2.45. The van der Waals surface area contributed by atoms with E-state index < -0.39 is 0 Å². The van der Waals surface area contributed by atoms with Crippen LogP contribution in [0.25, 0.3) is 10.8 Å². The van der Waals surface area contributed by atoms with Crippen molar-refractivity contribution in [3.8, 4) is 24.1 Å². The number of rotatable bonds is 5. The minimum atomic E-state index is -0.231. The molecule has 9 nitrogen and oxygen atoms in total. The normalized spacial score (nSPS) is 20.4. The highest BCUT2D eigenvalue weighted by molar-refractivity contribution is 6.13. The number of aromatic nitrogens is 2. The number of hydrogen-bond donors (Lipinski definition) is 2. The number of nitrogens with zero attached hydrogens (tertiary/aromatic N) is 5. The fourth-order valence-corrected chi connectivity index (χ4v) is 7.13. The zero-order chi connectivity index (χ0) is 27.3. The van der Waals surface area contributed by atoms with Crippen LogP contribution in [-0.4, -0.2) is 83.8 Å². The second-order valence-electron chi connectivity index (χ2n) is 11.3. The Morgan fingerprint density at radius 3 is 2.65 bits per heavy atom. The maximum absolute atomic E-state index is 14.2. The van der Waals surface area contributed by atoms with Crippen molar-refractivity contribution in [1.82, 2.24) is 20.2 Å². The number of ether oxygens (including phenoxy) is 1. The third-order valence-corrected chi connectivity index (χ3v) is 9.08. The van der Waals surface area contributed by atoms with Crippen LogP contribution in [0.5, 0.6) is 11.8 Å². The van der Waals surface area contributed by atoms with Gasteiger partial charge in [-0.25, -0.2) is 0 Å². The van der Waals surface area contributed by atoms with Crippen molar-refractivity contribution in [3.63, 3.8) is 0 Å². The van der Waals surface area contributed by atoms with E-state index in [9.17, 15) is 9.90 Å². The Bertz CT molecular complexity index is 1520. The fraction of sp³-hybridized carbons (Fsp3) is 0.452. The van der Waals surface area contributed by atoms with Gasteiger partial charge < -0.3 is 25.0 Å². The summed E-state index contributed by atoms with van der Waals surface area (Å²) in [6, 6.07) is 9.17. The molecule has 4 aliphatic rings. The van der Waals surface area contributed by atoms with E-state index in [2.05, 4.69) is 21.0 Å². The van der Waals surface area contributed by atoms with Gasteiger partial charge in [-0.05, 0) is 62.7 Å². The van der Waals surface area contributed by atoms with Gasteiger partial charge in [0.25, 0.3) is 5.91 Å². The Hall–Kier alpha value is -3.87. The molecule has 0 atom stereocenters. The number of carbonyl (C=O) groups is 1. The summed E-state index contributed by atoms with van der Waals surface area (Å²) in [5.74, 6) is 3.39. The average Bonchev–Trinajstić information content (AvgIpc) is 3.56. The molecule has 3 aromatic rings. The van der Waals surface area contributed by atoms with Gasteiger partial charge in [0, 0.05) is 55.3 Å². The number of terminal acetylenes is 1. The summed E-state index contributed by atoms with van der Waals surface area (Å²) in [6.07, 6.45) is 11.0. The number of amides is 1. The van der Waals surface area contributed by atoms with Crippen molar-refractivity contribution in [2.75, 3.05) is 62.2 Å². The molecule has 3 saturated heterocycles. The van der Waals surface area contributed by atoms with E-state index in [1.165, 1.54) is 12.8 Å². The van der Waals surface area contributed by atoms with Crippen LogP contribution in [-0.2, 0) is 6.42 Å². The number of piperazine rings is 1. The summed E-state index contributed by atoms with van der Waals surface area (Å²) < 4.78 is 6.36. The standard InChI is InChI=1S/C31H34N6O3/c1-2-21-6-3-7-22-18-23(38)19-25(26(21)22)37-15-8-24-27(29(37)39)33-30(34-28(24)35-16-11-32-12-17-35)40-20-31-9-4-13-36(31)14-5-10-31/h1,3,6-7,18-19,32,38H,4-5,8-17,20H2. The Morgan fingerprint density at radius 2 is 1.88 bits per heavy atom. The number of phenols is 1. The number of carbonyl (C=O) groups excluding carboxylic acids is 1. The first-order valence-corrected chi connectivity index (χ1v) is 14.3. The summed E-state index contributed by atoms with van der Waals surface area (Å²) in [5, 5.41) is 15.5. The van der Waals surface area contributed by atoms with Gasteiger partial charge in [-0.1, -0.05) is 18.1 Å². The summed E-state index contributed by atoms with van der Waals surface area (Å²) in [4.78, 5) is 30.4. The molecule has 9 heteroatoms. The second-order valence-corrected chi connectivity index (χ2v) is 11.3. The lowest BCUT2D eigenvalue weighted by molar-refractivity contribution is 0.0964. The second kappa shape index (κ2) is 9.95. The molecule has 2 N–H and O–H groups in total. The van der Waals surface area contributed by atoms with Gasteiger partial charge in [-0.3, -0.25) is 9.69 Å².